The Bertz CT molecular complexity index is 653. The SMILES string of the molecule is O=C(NCCCO)c1cn(-c2cccc(C(F)(F)F)c2)cn1. The number of benzene rings is 1. The van der Waals surface area contributed by atoms with Crippen LogP contribution in [0, 0.1) is 0 Å². The number of rotatable bonds is 5. The number of carbonyl (C=O) groups excluding carboxylic acids is 1. The number of nitrogens with one attached hydrogen (secondary N) is 1. The highest BCUT2D eigenvalue weighted by atomic mass is 19.4. The van der Waals surface area contributed by atoms with Gasteiger partial charge in [0.05, 0.1) is 5.56 Å². The third-order valence-corrected chi connectivity index (χ3v) is 2.91. The summed E-state index contributed by atoms with van der Waals surface area (Å²) >= 11 is 0. The smallest absolute Gasteiger partial charge is 0.396 e. The molecule has 0 saturated heterocycles. The van der Waals surface area contributed by atoms with Crippen LogP contribution in [0.5, 0.6) is 0 Å². The van der Waals surface area contributed by atoms with Crippen LogP contribution >= 0.6 is 0 Å². The number of alkyl halides is 3. The van der Waals surface area contributed by atoms with E-state index in [1.165, 1.54) is 29.2 Å². The summed E-state index contributed by atoms with van der Waals surface area (Å²) in [5, 5.41) is 11.2. The van der Waals surface area contributed by atoms with Crippen molar-refractivity contribution in [3.63, 3.8) is 0 Å². The van der Waals surface area contributed by atoms with Crippen LogP contribution in [0.2, 0.25) is 0 Å². The van der Waals surface area contributed by atoms with E-state index < -0.39 is 17.6 Å². The maximum atomic E-state index is 12.7. The number of hydrogen-bond acceptors (Lipinski definition) is 3. The molecule has 5 nitrogen and oxygen atoms in total. The van der Waals surface area contributed by atoms with Crippen LogP contribution in [0.1, 0.15) is 22.5 Å². The Morgan fingerprint density at radius 3 is 2.82 bits per heavy atom. The number of carbonyl (C=O) groups is 1. The second kappa shape index (κ2) is 6.61. The molecular formula is C14H14F3N3O2. The molecule has 0 aliphatic heterocycles. The zero-order valence-corrected chi connectivity index (χ0v) is 11.5. The van der Waals surface area contributed by atoms with Crippen LogP contribution in [0.25, 0.3) is 5.69 Å². The van der Waals surface area contributed by atoms with Gasteiger partial charge in [-0.15, -0.1) is 0 Å². The molecule has 2 rings (SSSR count). The molecule has 22 heavy (non-hydrogen) atoms. The summed E-state index contributed by atoms with van der Waals surface area (Å²) in [4.78, 5) is 15.6. The number of hydrogen-bond donors (Lipinski definition) is 2. The van der Waals surface area contributed by atoms with Crippen molar-refractivity contribution in [2.75, 3.05) is 13.2 Å². The molecule has 0 saturated carbocycles. The van der Waals surface area contributed by atoms with Crippen molar-refractivity contribution in [2.24, 2.45) is 0 Å². The largest absolute Gasteiger partial charge is 0.416 e. The Morgan fingerprint density at radius 1 is 1.36 bits per heavy atom. The molecule has 2 aromatic rings. The van der Waals surface area contributed by atoms with Crippen molar-refractivity contribution in [3.05, 3.63) is 48.0 Å². The van der Waals surface area contributed by atoms with Gasteiger partial charge in [-0.1, -0.05) is 6.07 Å². The van der Waals surface area contributed by atoms with Gasteiger partial charge in [-0.3, -0.25) is 4.79 Å². The van der Waals surface area contributed by atoms with E-state index in [0.29, 0.717) is 13.0 Å². The Kier molecular flexibility index (Phi) is 4.81. The average molecular weight is 313 g/mol. The van der Waals surface area contributed by atoms with Gasteiger partial charge in [-0.05, 0) is 24.6 Å². The summed E-state index contributed by atoms with van der Waals surface area (Å²) in [7, 11) is 0. The summed E-state index contributed by atoms with van der Waals surface area (Å²) in [5.74, 6) is -0.445. The lowest BCUT2D eigenvalue weighted by atomic mass is 10.2. The van der Waals surface area contributed by atoms with E-state index in [2.05, 4.69) is 10.3 Å². The van der Waals surface area contributed by atoms with Crippen LogP contribution in [-0.4, -0.2) is 33.7 Å². The summed E-state index contributed by atoms with van der Waals surface area (Å²) in [5.41, 5.74) is -0.417. The van der Waals surface area contributed by atoms with Crippen molar-refractivity contribution in [1.82, 2.24) is 14.9 Å². The van der Waals surface area contributed by atoms with E-state index in [1.54, 1.807) is 0 Å². The molecule has 1 aromatic heterocycles. The van der Waals surface area contributed by atoms with Gasteiger partial charge in [0.2, 0.25) is 0 Å². The fourth-order valence-corrected chi connectivity index (χ4v) is 1.80. The number of nitrogens with zero attached hydrogens (tertiary/aromatic N) is 2. The maximum absolute atomic E-state index is 12.7. The molecule has 1 aromatic carbocycles. The predicted octanol–water partition coefficient (Wildman–Crippen LogP) is 2.00. The van der Waals surface area contributed by atoms with E-state index in [1.807, 2.05) is 0 Å². The molecule has 0 radical (unpaired) electrons. The Labute approximate surface area is 124 Å². The second-order valence-corrected chi connectivity index (χ2v) is 4.55. The summed E-state index contributed by atoms with van der Waals surface area (Å²) in [6.45, 7) is 0.255. The molecular weight excluding hydrogens is 299 g/mol. The minimum absolute atomic E-state index is 0.0427. The third-order valence-electron chi connectivity index (χ3n) is 2.91. The highest BCUT2D eigenvalue weighted by Crippen LogP contribution is 2.30. The fraction of sp³-hybridized carbons (Fsp3) is 0.286. The first-order chi connectivity index (χ1) is 10.4. The van der Waals surface area contributed by atoms with E-state index >= 15 is 0 Å². The predicted molar refractivity (Wildman–Crippen MR) is 72.6 cm³/mol. The first kappa shape index (κ1) is 16.0. The molecule has 0 atom stereocenters. The molecule has 118 valence electrons. The molecule has 1 heterocycles. The third kappa shape index (κ3) is 3.85. The molecule has 0 aliphatic rings. The Morgan fingerprint density at radius 2 is 2.14 bits per heavy atom. The maximum Gasteiger partial charge on any atom is 0.416 e. The van der Waals surface area contributed by atoms with Crippen molar-refractivity contribution in [1.29, 1.82) is 0 Å². The standard InChI is InChI=1S/C14H14F3N3O2/c15-14(16,17)10-3-1-4-11(7-10)20-8-12(19-9-20)13(22)18-5-2-6-21/h1,3-4,7-9,21H,2,5-6H2,(H,18,22). The van der Waals surface area contributed by atoms with Gasteiger partial charge < -0.3 is 15.0 Å². The van der Waals surface area contributed by atoms with Crippen molar-refractivity contribution in [3.8, 4) is 5.69 Å². The Hall–Kier alpha value is -2.35. The zero-order chi connectivity index (χ0) is 16.2. The molecule has 0 fully saturated rings. The molecule has 1 amide bonds. The van der Waals surface area contributed by atoms with Crippen molar-refractivity contribution in [2.45, 2.75) is 12.6 Å². The Balaban J connectivity index is 2.16. The first-order valence-electron chi connectivity index (χ1n) is 6.52. The quantitative estimate of drug-likeness (QED) is 0.830. The second-order valence-electron chi connectivity index (χ2n) is 4.55. The monoisotopic (exact) mass is 313 g/mol. The highest BCUT2D eigenvalue weighted by Gasteiger charge is 2.30. The van der Waals surface area contributed by atoms with Gasteiger partial charge in [-0.2, -0.15) is 13.2 Å². The summed E-state index contributed by atoms with van der Waals surface area (Å²) in [6.07, 6.45) is -1.39. The van der Waals surface area contributed by atoms with Gasteiger partial charge in [0.15, 0.2) is 0 Å². The summed E-state index contributed by atoms with van der Waals surface area (Å²) < 4.78 is 39.4. The zero-order valence-electron chi connectivity index (χ0n) is 11.5. The van der Waals surface area contributed by atoms with Gasteiger partial charge in [0.25, 0.3) is 5.91 Å². The molecule has 2 N–H and O–H groups in total. The number of imidazole rings is 1. The van der Waals surface area contributed by atoms with Crippen LogP contribution in [0.4, 0.5) is 13.2 Å². The molecule has 8 heteroatoms. The molecule has 0 bridgehead atoms. The lowest BCUT2D eigenvalue weighted by molar-refractivity contribution is -0.137. The van der Waals surface area contributed by atoms with Crippen molar-refractivity contribution < 1.29 is 23.1 Å². The lowest BCUT2D eigenvalue weighted by Crippen LogP contribution is -2.25. The number of halogens is 3. The lowest BCUT2D eigenvalue weighted by Gasteiger charge is -2.08. The van der Waals surface area contributed by atoms with Gasteiger partial charge >= 0.3 is 6.18 Å². The molecule has 0 spiro atoms. The number of aliphatic hydroxyl groups excluding tert-OH is 1. The van der Waals surface area contributed by atoms with Crippen molar-refractivity contribution >= 4 is 5.91 Å². The van der Waals surface area contributed by atoms with Crippen LogP contribution in [-0.2, 0) is 6.18 Å². The number of aromatic nitrogens is 2. The van der Waals surface area contributed by atoms with Crippen LogP contribution in [0.15, 0.2) is 36.8 Å². The fourth-order valence-electron chi connectivity index (χ4n) is 1.80. The number of aliphatic hydroxyl groups is 1. The molecule has 0 unspecified atom stereocenters. The molecule has 0 aliphatic carbocycles. The van der Waals surface area contributed by atoms with E-state index in [0.717, 1.165) is 12.1 Å². The van der Waals surface area contributed by atoms with Crippen LogP contribution in [0.3, 0.4) is 0 Å². The first-order valence-corrected chi connectivity index (χ1v) is 6.52. The average Bonchev–Trinajstić information content (AvgIpc) is 2.96. The number of amides is 1. The highest BCUT2D eigenvalue weighted by molar-refractivity contribution is 5.92. The normalized spacial score (nSPS) is 11.5. The van der Waals surface area contributed by atoms with Crippen LogP contribution < -0.4 is 5.32 Å². The minimum atomic E-state index is -4.43. The minimum Gasteiger partial charge on any atom is -0.396 e. The summed E-state index contributed by atoms with van der Waals surface area (Å²) in [6, 6.07) is 4.74. The van der Waals surface area contributed by atoms with Gasteiger partial charge in [0, 0.05) is 25.0 Å². The van der Waals surface area contributed by atoms with Gasteiger partial charge in [-0.25, -0.2) is 4.98 Å². The van der Waals surface area contributed by atoms with E-state index in [9.17, 15) is 18.0 Å². The van der Waals surface area contributed by atoms with Gasteiger partial charge in [0.1, 0.15) is 12.0 Å². The topological polar surface area (TPSA) is 67.2 Å². The van der Waals surface area contributed by atoms with E-state index in [-0.39, 0.29) is 18.0 Å². The van der Waals surface area contributed by atoms with E-state index in [4.69, 9.17) is 5.11 Å².